The molecule has 0 spiro atoms. The highest BCUT2D eigenvalue weighted by Crippen LogP contribution is 2.23. The summed E-state index contributed by atoms with van der Waals surface area (Å²) in [5.74, 6) is 0.538. The predicted octanol–water partition coefficient (Wildman–Crippen LogP) is 4.24. The van der Waals surface area contributed by atoms with Gasteiger partial charge in [-0.05, 0) is 43.5 Å². The maximum absolute atomic E-state index is 3.51. The van der Waals surface area contributed by atoms with Gasteiger partial charge in [-0.1, -0.05) is 61.0 Å². The van der Waals surface area contributed by atoms with Crippen molar-refractivity contribution in [1.82, 2.24) is 5.32 Å². The average Bonchev–Trinajstić information content (AvgIpc) is 2.45. The van der Waals surface area contributed by atoms with Crippen LogP contribution in [-0.2, 0) is 6.42 Å². The van der Waals surface area contributed by atoms with Crippen molar-refractivity contribution in [3.05, 3.63) is 70.8 Å². The van der Waals surface area contributed by atoms with Crippen LogP contribution in [0.1, 0.15) is 35.1 Å². The topological polar surface area (TPSA) is 12.0 Å². The summed E-state index contributed by atoms with van der Waals surface area (Å²) < 4.78 is 0. The second-order valence-corrected chi connectivity index (χ2v) is 5.55. The molecule has 2 aromatic rings. The van der Waals surface area contributed by atoms with Gasteiger partial charge in [0.1, 0.15) is 0 Å². The Hall–Kier alpha value is -1.60. The van der Waals surface area contributed by atoms with Crippen molar-refractivity contribution in [2.45, 2.75) is 33.1 Å². The Balaban J connectivity index is 2.21. The third kappa shape index (κ3) is 3.94. The first-order valence-corrected chi connectivity index (χ1v) is 7.52. The van der Waals surface area contributed by atoms with Crippen molar-refractivity contribution < 1.29 is 0 Å². The molecule has 2 aromatic carbocycles. The molecule has 0 aromatic heterocycles. The van der Waals surface area contributed by atoms with Crippen LogP contribution < -0.4 is 5.32 Å². The first kappa shape index (κ1) is 14.8. The molecule has 0 aliphatic heterocycles. The van der Waals surface area contributed by atoms with Gasteiger partial charge in [0.15, 0.2) is 0 Å². The fraction of sp³-hybridized carbons (Fsp3) is 0.368. The standard InChI is InChI=1S/C19H25N/c1-4-20-14-19(18-11-7-8-15(2)12-18)13-17-10-6-5-9-16(17)3/h5-12,19-20H,4,13-14H2,1-3H3. The number of aryl methyl sites for hydroxylation is 2. The molecule has 0 radical (unpaired) electrons. The summed E-state index contributed by atoms with van der Waals surface area (Å²) in [4.78, 5) is 0. The molecule has 1 heteroatoms. The van der Waals surface area contributed by atoms with Gasteiger partial charge < -0.3 is 5.32 Å². The van der Waals surface area contributed by atoms with E-state index in [4.69, 9.17) is 0 Å². The normalized spacial score (nSPS) is 12.3. The molecule has 0 saturated carbocycles. The van der Waals surface area contributed by atoms with Gasteiger partial charge in [-0.15, -0.1) is 0 Å². The Morgan fingerprint density at radius 2 is 1.80 bits per heavy atom. The second kappa shape index (κ2) is 7.25. The van der Waals surface area contributed by atoms with Crippen LogP contribution in [-0.4, -0.2) is 13.1 Å². The maximum Gasteiger partial charge on any atom is 0.00232 e. The minimum Gasteiger partial charge on any atom is -0.316 e. The molecule has 0 aliphatic carbocycles. The predicted molar refractivity (Wildman–Crippen MR) is 87.3 cm³/mol. The fourth-order valence-electron chi connectivity index (χ4n) is 2.66. The summed E-state index contributed by atoms with van der Waals surface area (Å²) >= 11 is 0. The van der Waals surface area contributed by atoms with Crippen LogP contribution in [0.4, 0.5) is 0 Å². The van der Waals surface area contributed by atoms with Crippen LogP contribution in [0.3, 0.4) is 0 Å². The van der Waals surface area contributed by atoms with E-state index >= 15 is 0 Å². The molecule has 1 N–H and O–H groups in total. The molecular formula is C19H25N. The highest BCUT2D eigenvalue weighted by atomic mass is 14.8. The highest BCUT2D eigenvalue weighted by molar-refractivity contribution is 5.31. The van der Waals surface area contributed by atoms with Crippen LogP contribution in [0.15, 0.2) is 48.5 Å². The molecule has 106 valence electrons. The lowest BCUT2D eigenvalue weighted by Gasteiger charge is -2.19. The van der Waals surface area contributed by atoms with Gasteiger partial charge in [0.25, 0.3) is 0 Å². The summed E-state index contributed by atoms with van der Waals surface area (Å²) in [7, 11) is 0. The number of nitrogens with one attached hydrogen (secondary N) is 1. The summed E-state index contributed by atoms with van der Waals surface area (Å²) in [6.07, 6.45) is 1.10. The number of hydrogen-bond donors (Lipinski definition) is 1. The SMILES string of the molecule is CCNCC(Cc1ccccc1C)c1cccc(C)c1. The molecule has 0 heterocycles. The van der Waals surface area contributed by atoms with Gasteiger partial charge in [-0.3, -0.25) is 0 Å². The summed E-state index contributed by atoms with van der Waals surface area (Å²) in [6.45, 7) is 8.60. The second-order valence-electron chi connectivity index (χ2n) is 5.55. The lowest BCUT2D eigenvalue weighted by Crippen LogP contribution is -2.23. The van der Waals surface area contributed by atoms with E-state index in [1.807, 2.05) is 0 Å². The smallest absolute Gasteiger partial charge is 0.00232 e. The van der Waals surface area contributed by atoms with Crippen molar-refractivity contribution >= 4 is 0 Å². The zero-order valence-electron chi connectivity index (χ0n) is 12.8. The Bertz CT molecular complexity index is 545. The largest absolute Gasteiger partial charge is 0.316 e. The number of benzene rings is 2. The van der Waals surface area contributed by atoms with E-state index in [0.717, 1.165) is 19.5 Å². The van der Waals surface area contributed by atoms with E-state index in [0.29, 0.717) is 5.92 Å². The molecule has 0 fully saturated rings. The zero-order chi connectivity index (χ0) is 14.4. The lowest BCUT2D eigenvalue weighted by atomic mass is 9.89. The molecule has 1 nitrogen and oxygen atoms in total. The van der Waals surface area contributed by atoms with Gasteiger partial charge in [-0.25, -0.2) is 0 Å². The van der Waals surface area contributed by atoms with E-state index in [9.17, 15) is 0 Å². The third-order valence-corrected chi connectivity index (χ3v) is 3.88. The first-order valence-electron chi connectivity index (χ1n) is 7.52. The Morgan fingerprint density at radius 3 is 2.50 bits per heavy atom. The highest BCUT2D eigenvalue weighted by Gasteiger charge is 2.13. The Labute approximate surface area is 123 Å². The van der Waals surface area contributed by atoms with Crippen molar-refractivity contribution in [3.8, 4) is 0 Å². The van der Waals surface area contributed by atoms with Crippen molar-refractivity contribution in [3.63, 3.8) is 0 Å². The number of rotatable bonds is 6. The molecule has 2 rings (SSSR count). The van der Waals surface area contributed by atoms with Crippen LogP contribution in [0, 0.1) is 13.8 Å². The lowest BCUT2D eigenvalue weighted by molar-refractivity contribution is 0.593. The van der Waals surface area contributed by atoms with E-state index in [1.165, 1.54) is 22.3 Å². The summed E-state index contributed by atoms with van der Waals surface area (Å²) in [5, 5.41) is 3.51. The maximum atomic E-state index is 3.51. The van der Waals surface area contributed by atoms with Crippen LogP contribution >= 0.6 is 0 Å². The molecule has 1 unspecified atom stereocenters. The Morgan fingerprint density at radius 1 is 1.00 bits per heavy atom. The zero-order valence-corrected chi connectivity index (χ0v) is 12.8. The number of likely N-dealkylation sites (N-methyl/N-ethyl adjacent to an activating group) is 1. The van der Waals surface area contributed by atoms with Gasteiger partial charge in [0.2, 0.25) is 0 Å². The quantitative estimate of drug-likeness (QED) is 0.825. The molecule has 0 saturated heterocycles. The van der Waals surface area contributed by atoms with Gasteiger partial charge in [-0.2, -0.15) is 0 Å². The van der Waals surface area contributed by atoms with Crippen molar-refractivity contribution in [1.29, 1.82) is 0 Å². The van der Waals surface area contributed by atoms with E-state index in [-0.39, 0.29) is 0 Å². The van der Waals surface area contributed by atoms with Crippen LogP contribution in [0.2, 0.25) is 0 Å². The third-order valence-electron chi connectivity index (χ3n) is 3.88. The van der Waals surface area contributed by atoms with Crippen LogP contribution in [0.5, 0.6) is 0 Å². The Kier molecular flexibility index (Phi) is 5.37. The molecule has 0 aliphatic rings. The van der Waals surface area contributed by atoms with Gasteiger partial charge in [0.05, 0.1) is 0 Å². The van der Waals surface area contributed by atoms with Gasteiger partial charge in [0, 0.05) is 12.5 Å². The molecular weight excluding hydrogens is 242 g/mol. The molecule has 20 heavy (non-hydrogen) atoms. The number of hydrogen-bond acceptors (Lipinski definition) is 1. The van der Waals surface area contributed by atoms with Crippen molar-refractivity contribution in [2.75, 3.05) is 13.1 Å². The van der Waals surface area contributed by atoms with E-state index in [1.54, 1.807) is 0 Å². The van der Waals surface area contributed by atoms with E-state index < -0.39 is 0 Å². The monoisotopic (exact) mass is 267 g/mol. The fourth-order valence-corrected chi connectivity index (χ4v) is 2.66. The minimum absolute atomic E-state index is 0.538. The van der Waals surface area contributed by atoms with Crippen LogP contribution in [0.25, 0.3) is 0 Å². The molecule has 1 atom stereocenters. The first-order chi connectivity index (χ1) is 9.70. The van der Waals surface area contributed by atoms with Crippen molar-refractivity contribution in [2.24, 2.45) is 0 Å². The van der Waals surface area contributed by atoms with E-state index in [2.05, 4.69) is 74.6 Å². The average molecular weight is 267 g/mol. The summed E-state index contributed by atoms with van der Waals surface area (Å²) in [6, 6.07) is 17.6. The minimum atomic E-state index is 0.538. The molecule has 0 amide bonds. The summed E-state index contributed by atoms with van der Waals surface area (Å²) in [5.41, 5.74) is 5.63. The van der Waals surface area contributed by atoms with Gasteiger partial charge >= 0.3 is 0 Å². The molecule has 0 bridgehead atoms.